The number of aryl methyl sites for hydroxylation is 1. The van der Waals surface area contributed by atoms with E-state index in [1.807, 2.05) is 60.4 Å². The molecule has 2 aromatic carbocycles. The minimum absolute atomic E-state index is 0.000227. The van der Waals surface area contributed by atoms with Crippen molar-refractivity contribution in [2.45, 2.75) is 13.0 Å². The molecular formula is C21H23N3O3. The largest absolute Gasteiger partial charge is 0.370 e. The third-order valence-electron chi connectivity index (χ3n) is 5.12. The van der Waals surface area contributed by atoms with Gasteiger partial charge in [0.25, 0.3) is 5.91 Å². The molecule has 4 rings (SSSR count). The van der Waals surface area contributed by atoms with E-state index in [0.717, 1.165) is 16.8 Å². The van der Waals surface area contributed by atoms with Gasteiger partial charge in [0, 0.05) is 30.9 Å². The van der Waals surface area contributed by atoms with Gasteiger partial charge in [-0.25, -0.2) is 4.79 Å². The molecule has 1 N–H and O–H groups in total. The van der Waals surface area contributed by atoms with Gasteiger partial charge in [-0.1, -0.05) is 30.3 Å². The van der Waals surface area contributed by atoms with Gasteiger partial charge in [-0.2, -0.15) is 0 Å². The van der Waals surface area contributed by atoms with Gasteiger partial charge < -0.3 is 15.0 Å². The molecule has 0 saturated carbocycles. The first-order chi connectivity index (χ1) is 13.1. The molecule has 2 aromatic rings. The molecule has 0 radical (unpaired) electrons. The summed E-state index contributed by atoms with van der Waals surface area (Å²) in [7, 11) is 0. The second-order valence-corrected chi connectivity index (χ2v) is 6.91. The van der Waals surface area contributed by atoms with Crippen LogP contribution in [0.1, 0.15) is 27.6 Å². The topological polar surface area (TPSA) is 61.9 Å². The summed E-state index contributed by atoms with van der Waals surface area (Å²) in [5.74, 6) is -0.000227. The zero-order valence-electron chi connectivity index (χ0n) is 15.4. The summed E-state index contributed by atoms with van der Waals surface area (Å²) >= 11 is 0. The highest BCUT2D eigenvalue weighted by atomic mass is 16.5. The highest BCUT2D eigenvalue weighted by Crippen LogP contribution is 2.26. The van der Waals surface area contributed by atoms with Crippen LogP contribution in [-0.2, 0) is 4.74 Å². The van der Waals surface area contributed by atoms with Crippen LogP contribution in [0.15, 0.2) is 48.5 Å². The number of carbonyl (C=O) groups is 2. The van der Waals surface area contributed by atoms with Gasteiger partial charge in [0.2, 0.25) is 0 Å². The number of hydrogen-bond acceptors (Lipinski definition) is 3. The third kappa shape index (κ3) is 3.53. The van der Waals surface area contributed by atoms with Crippen LogP contribution < -0.4 is 10.2 Å². The summed E-state index contributed by atoms with van der Waals surface area (Å²) in [5, 5.41) is 2.80. The summed E-state index contributed by atoms with van der Waals surface area (Å²) in [5.41, 5.74) is 3.50. The van der Waals surface area contributed by atoms with Crippen LogP contribution >= 0.6 is 0 Å². The van der Waals surface area contributed by atoms with Crippen molar-refractivity contribution in [2.75, 3.05) is 37.7 Å². The van der Waals surface area contributed by atoms with Gasteiger partial charge in [-0.05, 0) is 36.2 Å². The number of hydrogen-bond donors (Lipinski definition) is 1. The van der Waals surface area contributed by atoms with Gasteiger partial charge in [-0.15, -0.1) is 0 Å². The third-order valence-corrected chi connectivity index (χ3v) is 5.12. The standard InChI is InChI=1S/C21H23N3O3/c1-15-13-17(7-8-18(15)24-10-9-22-21(24)26)20(25)23-11-12-27-19(14-23)16-5-3-2-4-6-16/h2-8,13,19H,9-12,14H2,1H3,(H,22,26)/t19-/m1/s1. The maximum atomic E-state index is 13.0. The Kier molecular flexibility index (Phi) is 4.81. The van der Waals surface area contributed by atoms with E-state index < -0.39 is 0 Å². The number of anilines is 1. The minimum Gasteiger partial charge on any atom is -0.370 e. The van der Waals surface area contributed by atoms with Gasteiger partial charge in [-0.3, -0.25) is 9.69 Å². The molecule has 0 spiro atoms. The average molecular weight is 365 g/mol. The van der Waals surface area contributed by atoms with E-state index in [4.69, 9.17) is 4.74 Å². The number of urea groups is 1. The molecule has 2 fully saturated rings. The summed E-state index contributed by atoms with van der Waals surface area (Å²) in [4.78, 5) is 28.5. The van der Waals surface area contributed by atoms with E-state index in [9.17, 15) is 9.59 Å². The molecule has 0 unspecified atom stereocenters. The van der Waals surface area contributed by atoms with E-state index in [0.29, 0.717) is 38.3 Å². The van der Waals surface area contributed by atoms with Crippen molar-refractivity contribution in [3.63, 3.8) is 0 Å². The Morgan fingerprint density at radius 2 is 1.96 bits per heavy atom. The van der Waals surface area contributed by atoms with Gasteiger partial charge >= 0.3 is 6.03 Å². The van der Waals surface area contributed by atoms with E-state index in [1.54, 1.807) is 4.90 Å². The maximum Gasteiger partial charge on any atom is 0.322 e. The quantitative estimate of drug-likeness (QED) is 0.910. The van der Waals surface area contributed by atoms with E-state index >= 15 is 0 Å². The lowest BCUT2D eigenvalue weighted by molar-refractivity contribution is -0.0228. The van der Waals surface area contributed by atoms with Crippen LogP contribution in [0.4, 0.5) is 10.5 Å². The van der Waals surface area contributed by atoms with E-state index in [2.05, 4.69) is 5.32 Å². The second kappa shape index (κ2) is 7.40. The lowest BCUT2D eigenvalue weighted by atomic mass is 10.1. The lowest BCUT2D eigenvalue weighted by Crippen LogP contribution is -2.42. The van der Waals surface area contributed by atoms with Crippen molar-refractivity contribution in [2.24, 2.45) is 0 Å². The molecule has 0 bridgehead atoms. The molecule has 2 saturated heterocycles. The fraction of sp³-hybridized carbons (Fsp3) is 0.333. The summed E-state index contributed by atoms with van der Waals surface area (Å²) < 4.78 is 5.86. The number of morpholine rings is 1. The van der Waals surface area contributed by atoms with Crippen molar-refractivity contribution in [1.82, 2.24) is 10.2 Å². The Hall–Kier alpha value is -2.86. The number of benzene rings is 2. The van der Waals surface area contributed by atoms with Crippen molar-refractivity contribution < 1.29 is 14.3 Å². The molecule has 0 aliphatic carbocycles. The maximum absolute atomic E-state index is 13.0. The number of carbonyl (C=O) groups excluding carboxylic acids is 2. The molecule has 3 amide bonds. The van der Waals surface area contributed by atoms with Gasteiger partial charge in [0.1, 0.15) is 6.10 Å². The molecule has 0 aromatic heterocycles. The number of nitrogens with zero attached hydrogens (tertiary/aromatic N) is 2. The predicted molar refractivity (Wildman–Crippen MR) is 103 cm³/mol. The molecular weight excluding hydrogens is 342 g/mol. The number of amides is 3. The average Bonchev–Trinajstić information content (AvgIpc) is 3.14. The highest BCUT2D eigenvalue weighted by Gasteiger charge is 2.27. The lowest BCUT2D eigenvalue weighted by Gasteiger charge is -2.33. The number of nitrogens with one attached hydrogen (secondary N) is 1. The van der Waals surface area contributed by atoms with E-state index in [-0.39, 0.29) is 18.0 Å². The fourth-order valence-electron chi connectivity index (χ4n) is 3.68. The zero-order valence-corrected chi connectivity index (χ0v) is 15.4. The van der Waals surface area contributed by atoms with Crippen LogP contribution in [0.25, 0.3) is 0 Å². The minimum atomic E-state index is -0.0995. The Labute approximate surface area is 158 Å². The monoisotopic (exact) mass is 365 g/mol. The SMILES string of the molecule is Cc1cc(C(=O)N2CCO[C@@H](c3ccccc3)C2)ccc1N1CCNC1=O. The Morgan fingerprint density at radius 1 is 1.15 bits per heavy atom. The van der Waals surface area contributed by atoms with Crippen LogP contribution in [-0.4, -0.2) is 49.6 Å². The summed E-state index contributed by atoms with van der Waals surface area (Å²) in [6.07, 6.45) is -0.0995. The van der Waals surface area contributed by atoms with E-state index in [1.165, 1.54) is 0 Å². The first-order valence-electron chi connectivity index (χ1n) is 9.25. The van der Waals surface area contributed by atoms with Crippen LogP contribution in [0, 0.1) is 6.92 Å². The normalized spacial score (nSPS) is 19.9. The second-order valence-electron chi connectivity index (χ2n) is 6.91. The molecule has 27 heavy (non-hydrogen) atoms. The van der Waals surface area contributed by atoms with Crippen molar-refractivity contribution in [3.05, 3.63) is 65.2 Å². The molecule has 2 heterocycles. The summed E-state index contributed by atoms with van der Waals surface area (Å²) in [6, 6.07) is 15.4. The van der Waals surface area contributed by atoms with Crippen molar-refractivity contribution >= 4 is 17.6 Å². The fourth-order valence-corrected chi connectivity index (χ4v) is 3.68. The molecule has 1 atom stereocenters. The molecule has 2 aliphatic rings. The van der Waals surface area contributed by atoms with Crippen LogP contribution in [0.3, 0.4) is 0 Å². The van der Waals surface area contributed by atoms with Gasteiger partial charge in [0.15, 0.2) is 0 Å². The zero-order chi connectivity index (χ0) is 18.8. The van der Waals surface area contributed by atoms with Crippen molar-refractivity contribution in [1.29, 1.82) is 0 Å². The number of ether oxygens (including phenoxy) is 1. The van der Waals surface area contributed by atoms with Crippen LogP contribution in [0.2, 0.25) is 0 Å². The Balaban J connectivity index is 1.50. The van der Waals surface area contributed by atoms with Crippen molar-refractivity contribution in [3.8, 4) is 0 Å². The van der Waals surface area contributed by atoms with Crippen LogP contribution in [0.5, 0.6) is 0 Å². The Morgan fingerprint density at radius 3 is 2.67 bits per heavy atom. The molecule has 6 nitrogen and oxygen atoms in total. The Bertz CT molecular complexity index is 853. The molecule has 6 heteroatoms. The summed E-state index contributed by atoms with van der Waals surface area (Å²) in [6.45, 7) is 4.87. The first kappa shape index (κ1) is 17.5. The molecule has 2 aliphatic heterocycles. The smallest absolute Gasteiger partial charge is 0.322 e. The van der Waals surface area contributed by atoms with Gasteiger partial charge in [0.05, 0.1) is 13.2 Å². The number of rotatable bonds is 3. The predicted octanol–water partition coefficient (Wildman–Crippen LogP) is 2.74. The highest BCUT2D eigenvalue weighted by molar-refractivity contribution is 5.98. The molecule has 140 valence electrons. The first-order valence-corrected chi connectivity index (χ1v) is 9.25.